The smallest absolute Gasteiger partial charge is 0.314 e. The summed E-state index contributed by atoms with van der Waals surface area (Å²) in [6.07, 6.45) is 5.80. The molecule has 1 N–H and O–H groups in total. The Bertz CT molecular complexity index is 597. The fourth-order valence-corrected chi connectivity index (χ4v) is 3.13. The maximum absolute atomic E-state index is 12.2. The largest absolute Gasteiger partial charge is 0.390 e. The van der Waals surface area contributed by atoms with Crippen molar-refractivity contribution in [3.05, 3.63) is 31.0 Å². The molecule has 23 heavy (non-hydrogen) atoms. The van der Waals surface area contributed by atoms with Crippen LogP contribution in [0.1, 0.15) is 38.1 Å². The third-order valence-electron chi connectivity index (χ3n) is 4.30. The molecule has 0 unspecified atom stereocenters. The van der Waals surface area contributed by atoms with Crippen LogP contribution in [0, 0.1) is 0 Å². The molecule has 8 heteroatoms. The van der Waals surface area contributed by atoms with Gasteiger partial charge in [0.2, 0.25) is 0 Å². The van der Waals surface area contributed by atoms with E-state index in [1.165, 1.54) is 0 Å². The highest BCUT2D eigenvalue weighted by Crippen LogP contribution is 2.30. The third kappa shape index (κ3) is 4.13. The van der Waals surface area contributed by atoms with E-state index >= 15 is 0 Å². The minimum absolute atomic E-state index is 0.000883. The van der Waals surface area contributed by atoms with Gasteiger partial charge in [-0.25, -0.2) is 9.67 Å². The molecule has 3 rings (SSSR count). The van der Waals surface area contributed by atoms with Crippen LogP contribution in [0.3, 0.4) is 0 Å². The van der Waals surface area contributed by atoms with Gasteiger partial charge in [-0.3, -0.25) is 4.57 Å². The van der Waals surface area contributed by atoms with Crippen molar-refractivity contribution in [1.29, 1.82) is 0 Å². The van der Waals surface area contributed by atoms with Crippen LogP contribution in [0.25, 0.3) is 5.82 Å². The van der Waals surface area contributed by atoms with Crippen molar-refractivity contribution in [2.45, 2.75) is 50.4 Å². The summed E-state index contributed by atoms with van der Waals surface area (Å²) in [6.45, 7) is 0.000883. The summed E-state index contributed by atoms with van der Waals surface area (Å²) in [5.74, 6) is 0.969. The monoisotopic (exact) mass is 327 g/mol. The van der Waals surface area contributed by atoms with Crippen LogP contribution < -0.4 is 5.32 Å². The number of nitrogens with zero attached hydrogens (tertiary/aromatic N) is 4. The van der Waals surface area contributed by atoms with Crippen molar-refractivity contribution in [3.63, 3.8) is 0 Å². The molecule has 0 atom stereocenters. The predicted molar refractivity (Wildman–Crippen MR) is 79.3 cm³/mol. The summed E-state index contributed by atoms with van der Waals surface area (Å²) in [4.78, 5) is 4.05. The number of imidazole rings is 1. The standard InChI is InChI=1S/C15H20F3N5/c16-15(17,18)6-8-20-12-1-3-13(4-2-12)23-14(5-7-21-23)22-10-9-19-11-22/h5,7,9-13,20H,1-4,6,8H2. The molecular formula is C15H20F3N5. The molecule has 0 aromatic carbocycles. The second-order valence-corrected chi connectivity index (χ2v) is 5.93. The molecule has 0 spiro atoms. The second-order valence-electron chi connectivity index (χ2n) is 5.93. The molecule has 2 aromatic rings. The summed E-state index contributed by atoms with van der Waals surface area (Å²) < 4.78 is 40.4. The number of nitrogens with one attached hydrogen (secondary N) is 1. The zero-order chi connectivity index (χ0) is 16.3. The fraction of sp³-hybridized carbons (Fsp3) is 0.600. The molecule has 126 valence electrons. The highest BCUT2D eigenvalue weighted by molar-refractivity contribution is 5.21. The lowest BCUT2D eigenvalue weighted by Crippen LogP contribution is -2.36. The topological polar surface area (TPSA) is 47.7 Å². The van der Waals surface area contributed by atoms with E-state index < -0.39 is 12.6 Å². The number of halogens is 3. The number of aromatic nitrogens is 4. The number of rotatable bonds is 5. The van der Waals surface area contributed by atoms with E-state index in [2.05, 4.69) is 15.4 Å². The molecule has 0 bridgehead atoms. The quantitative estimate of drug-likeness (QED) is 0.918. The average molecular weight is 327 g/mol. The minimum atomic E-state index is -4.08. The van der Waals surface area contributed by atoms with Gasteiger partial charge in [0.05, 0.1) is 18.7 Å². The fourth-order valence-electron chi connectivity index (χ4n) is 3.13. The zero-order valence-electron chi connectivity index (χ0n) is 12.7. The van der Waals surface area contributed by atoms with E-state index in [9.17, 15) is 13.2 Å². The highest BCUT2D eigenvalue weighted by atomic mass is 19.4. The van der Waals surface area contributed by atoms with Gasteiger partial charge in [-0.15, -0.1) is 0 Å². The maximum Gasteiger partial charge on any atom is 0.390 e. The highest BCUT2D eigenvalue weighted by Gasteiger charge is 2.28. The summed E-state index contributed by atoms with van der Waals surface area (Å²) in [5, 5.41) is 7.44. The van der Waals surface area contributed by atoms with Crippen LogP contribution in [0.2, 0.25) is 0 Å². The second kappa shape index (κ2) is 6.74. The first-order valence-electron chi connectivity index (χ1n) is 7.85. The molecule has 1 aliphatic carbocycles. The van der Waals surface area contributed by atoms with E-state index in [4.69, 9.17) is 0 Å². The van der Waals surface area contributed by atoms with Gasteiger partial charge in [-0.1, -0.05) is 0 Å². The van der Waals surface area contributed by atoms with Gasteiger partial charge in [0.15, 0.2) is 0 Å². The Labute approximate surface area is 132 Å². The minimum Gasteiger partial charge on any atom is -0.314 e. The summed E-state index contributed by atoms with van der Waals surface area (Å²) in [7, 11) is 0. The molecule has 2 aromatic heterocycles. The lowest BCUT2D eigenvalue weighted by molar-refractivity contribution is -0.133. The predicted octanol–water partition coefficient (Wildman–Crippen LogP) is 3.09. The summed E-state index contributed by atoms with van der Waals surface area (Å²) >= 11 is 0. The maximum atomic E-state index is 12.2. The van der Waals surface area contributed by atoms with E-state index in [1.807, 2.05) is 21.5 Å². The van der Waals surface area contributed by atoms with Gasteiger partial charge in [0.25, 0.3) is 0 Å². The number of hydrogen-bond acceptors (Lipinski definition) is 3. The summed E-state index contributed by atoms with van der Waals surface area (Å²) in [5.41, 5.74) is 0. The lowest BCUT2D eigenvalue weighted by atomic mass is 9.91. The van der Waals surface area contributed by atoms with E-state index in [0.29, 0.717) is 0 Å². The van der Waals surface area contributed by atoms with Gasteiger partial charge in [-0.2, -0.15) is 18.3 Å². The van der Waals surface area contributed by atoms with Gasteiger partial charge in [0.1, 0.15) is 12.1 Å². The normalized spacial score (nSPS) is 22.4. The van der Waals surface area contributed by atoms with Gasteiger partial charge in [0, 0.05) is 31.0 Å². The molecule has 1 aliphatic rings. The van der Waals surface area contributed by atoms with Gasteiger partial charge >= 0.3 is 6.18 Å². The van der Waals surface area contributed by atoms with E-state index in [0.717, 1.165) is 31.5 Å². The summed E-state index contributed by atoms with van der Waals surface area (Å²) in [6, 6.07) is 2.39. The van der Waals surface area contributed by atoms with Crippen molar-refractivity contribution in [3.8, 4) is 5.82 Å². The number of alkyl halides is 3. The number of hydrogen-bond donors (Lipinski definition) is 1. The van der Waals surface area contributed by atoms with Crippen molar-refractivity contribution in [1.82, 2.24) is 24.6 Å². The van der Waals surface area contributed by atoms with Crippen LogP contribution in [-0.2, 0) is 0 Å². The molecule has 2 heterocycles. The van der Waals surface area contributed by atoms with Crippen molar-refractivity contribution in [2.24, 2.45) is 0 Å². The van der Waals surface area contributed by atoms with Gasteiger partial charge in [-0.05, 0) is 25.7 Å². The molecule has 0 saturated heterocycles. The first-order chi connectivity index (χ1) is 11.0. The first-order valence-corrected chi connectivity index (χ1v) is 7.85. The van der Waals surface area contributed by atoms with E-state index in [1.54, 1.807) is 18.7 Å². The van der Waals surface area contributed by atoms with Gasteiger partial charge < -0.3 is 5.32 Å². The Morgan fingerprint density at radius 2 is 1.96 bits per heavy atom. The Balaban J connectivity index is 1.53. The van der Waals surface area contributed by atoms with Crippen molar-refractivity contribution >= 4 is 0 Å². The van der Waals surface area contributed by atoms with Crippen molar-refractivity contribution < 1.29 is 13.2 Å². The van der Waals surface area contributed by atoms with Crippen LogP contribution >= 0.6 is 0 Å². The molecule has 0 radical (unpaired) electrons. The average Bonchev–Trinajstić information content (AvgIpc) is 3.17. The third-order valence-corrected chi connectivity index (χ3v) is 4.30. The molecule has 1 fully saturated rings. The zero-order valence-corrected chi connectivity index (χ0v) is 12.7. The SMILES string of the molecule is FC(F)(F)CCNC1CCC(n2nccc2-n2ccnc2)CC1. The van der Waals surface area contributed by atoms with Crippen LogP contribution in [0.5, 0.6) is 0 Å². The Morgan fingerprint density at radius 3 is 2.61 bits per heavy atom. The Morgan fingerprint density at radius 1 is 1.17 bits per heavy atom. The molecule has 0 aliphatic heterocycles. The first kappa shape index (κ1) is 16.0. The molecular weight excluding hydrogens is 307 g/mol. The van der Waals surface area contributed by atoms with Crippen molar-refractivity contribution in [2.75, 3.05) is 6.54 Å². The Kier molecular flexibility index (Phi) is 4.70. The molecule has 5 nitrogen and oxygen atoms in total. The van der Waals surface area contributed by atoms with E-state index in [-0.39, 0.29) is 18.6 Å². The molecule has 0 amide bonds. The van der Waals surface area contributed by atoms with Crippen LogP contribution in [-0.4, -0.2) is 38.1 Å². The van der Waals surface area contributed by atoms with Crippen LogP contribution in [0.4, 0.5) is 13.2 Å². The van der Waals surface area contributed by atoms with Crippen LogP contribution in [0.15, 0.2) is 31.0 Å². The Hall–Kier alpha value is -1.83. The lowest BCUT2D eigenvalue weighted by Gasteiger charge is -2.30. The molecule has 1 saturated carbocycles.